The van der Waals surface area contributed by atoms with Crippen LogP contribution in [0.2, 0.25) is 0 Å². The molecule has 0 saturated heterocycles. The lowest BCUT2D eigenvalue weighted by Crippen LogP contribution is -1.80. The number of hydrogen-bond acceptors (Lipinski definition) is 0. The molecule has 6 aromatic carbocycles. The summed E-state index contributed by atoms with van der Waals surface area (Å²) in [5, 5.41) is 10.4. The minimum Gasteiger partial charge on any atom is -0.354 e. The number of fused-ring (bicyclic) bond motifs is 10. The topological polar surface area (TPSA) is 31.6 Å². The number of aryl methyl sites for hydroxylation is 1. The first-order chi connectivity index (χ1) is 17.3. The van der Waals surface area contributed by atoms with E-state index in [0.717, 1.165) is 0 Å². The van der Waals surface area contributed by atoms with Crippen molar-refractivity contribution in [1.29, 1.82) is 0 Å². The fraction of sp³-hybridized carbons (Fsp3) is 0.0303. The first-order valence-corrected chi connectivity index (χ1v) is 12.0. The summed E-state index contributed by atoms with van der Waals surface area (Å²) in [6, 6.07) is 40.7. The minimum atomic E-state index is 1.21. The van der Waals surface area contributed by atoms with Gasteiger partial charge in [-0.05, 0) is 41.5 Å². The van der Waals surface area contributed by atoms with E-state index >= 15 is 0 Å². The van der Waals surface area contributed by atoms with Crippen molar-refractivity contribution < 1.29 is 0 Å². The van der Waals surface area contributed by atoms with Crippen molar-refractivity contribution >= 4 is 65.2 Å². The van der Waals surface area contributed by atoms with Gasteiger partial charge in [0.15, 0.2) is 0 Å². The molecule has 0 aliphatic carbocycles. The van der Waals surface area contributed by atoms with Crippen molar-refractivity contribution in [2.24, 2.45) is 0 Å². The maximum Gasteiger partial charge on any atom is 0.0544 e. The second-order valence-electron chi connectivity index (χ2n) is 9.21. The number of para-hydroxylation sites is 2. The molecule has 0 spiro atoms. The highest BCUT2D eigenvalue weighted by atomic mass is 14.7. The largest absolute Gasteiger partial charge is 0.354 e. The van der Waals surface area contributed by atoms with Crippen LogP contribution in [0.4, 0.5) is 0 Å². The summed E-state index contributed by atoms with van der Waals surface area (Å²) in [5.74, 6) is 0. The van der Waals surface area contributed by atoms with Crippen molar-refractivity contribution in [3.05, 3.63) is 121 Å². The second kappa shape index (κ2) is 7.75. The van der Waals surface area contributed by atoms with E-state index < -0.39 is 0 Å². The van der Waals surface area contributed by atoms with Gasteiger partial charge in [-0.1, -0.05) is 97.1 Å². The van der Waals surface area contributed by atoms with Crippen molar-refractivity contribution in [3.63, 3.8) is 0 Å². The Morgan fingerprint density at radius 2 is 0.886 bits per heavy atom. The summed E-state index contributed by atoms with van der Waals surface area (Å²) in [6.07, 6.45) is 0. The van der Waals surface area contributed by atoms with Crippen molar-refractivity contribution in [3.8, 4) is 0 Å². The third-order valence-corrected chi connectivity index (χ3v) is 7.13. The zero-order valence-corrected chi connectivity index (χ0v) is 19.5. The molecular weight excluding hydrogens is 424 g/mol. The molecule has 0 radical (unpaired) electrons. The van der Waals surface area contributed by atoms with Crippen LogP contribution in [0.3, 0.4) is 0 Å². The summed E-state index contributed by atoms with van der Waals surface area (Å²) in [4.78, 5) is 7.07. The van der Waals surface area contributed by atoms with E-state index in [4.69, 9.17) is 0 Å². The molecular formula is C33H24N2. The van der Waals surface area contributed by atoms with Gasteiger partial charge in [-0.3, -0.25) is 0 Å². The van der Waals surface area contributed by atoms with Gasteiger partial charge >= 0.3 is 0 Å². The van der Waals surface area contributed by atoms with Gasteiger partial charge in [0.1, 0.15) is 0 Å². The lowest BCUT2D eigenvalue weighted by Gasteiger charge is -2.03. The highest BCUT2D eigenvalue weighted by molar-refractivity contribution is 6.18. The van der Waals surface area contributed by atoms with E-state index in [-0.39, 0.29) is 0 Å². The molecule has 2 N–H and O–H groups in total. The third-order valence-electron chi connectivity index (χ3n) is 7.13. The van der Waals surface area contributed by atoms with Crippen LogP contribution >= 0.6 is 0 Å². The Morgan fingerprint density at radius 3 is 1.60 bits per heavy atom. The van der Waals surface area contributed by atoms with Gasteiger partial charge in [0.05, 0.1) is 11.0 Å². The van der Waals surface area contributed by atoms with E-state index in [2.05, 4.69) is 132 Å². The predicted octanol–water partition coefficient (Wildman–Crippen LogP) is 9.26. The van der Waals surface area contributed by atoms with Crippen LogP contribution in [-0.4, -0.2) is 9.97 Å². The molecule has 2 heterocycles. The van der Waals surface area contributed by atoms with Gasteiger partial charge in [-0.15, -0.1) is 0 Å². The Kier molecular flexibility index (Phi) is 4.40. The molecule has 0 fully saturated rings. The molecule has 0 saturated carbocycles. The Bertz CT molecular complexity index is 2020. The van der Waals surface area contributed by atoms with E-state index in [0.29, 0.717) is 0 Å². The van der Waals surface area contributed by atoms with Gasteiger partial charge in [-0.2, -0.15) is 0 Å². The number of nitrogens with one attached hydrogen (secondary N) is 2. The zero-order valence-electron chi connectivity index (χ0n) is 19.5. The molecule has 0 aliphatic heterocycles. The quantitative estimate of drug-likeness (QED) is 0.232. The van der Waals surface area contributed by atoms with E-state index in [1.807, 2.05) is 0 Å². The van der Waals surface area contributed by atoms with E-state index in [1.54, 1.807) is 0 Å². The molecule has 2 nitrogen and oxygen atoms in total. The SMILES string of the molecule is Cc1cc2c3ccccc3[nH]c2c2ccccc12.c1ccc2c(c1)ccc1c3ccccc3[nH]c21. The van der Waals surface area contributed by atoms with Crippen molar-refractivity contribution in [2.45, 2.75) is 6.92 Å². The molecule has 166 valence electrons. The molecule has 8 aromatic rings. The average molecular weight is 449 g/mol. The minimum absolute atomic E-state index is 1.21. The standard InChI is InChI=1S/C17H13N.C16H11N/c1-11-10-15-13-7-4-5-9-16(13)18-17(15)14-8-3-2-6-12(11)14;1-2-6-12-11(5-1)9-10-14-13-7-3-4-8-15(13)17-16(12)14/h2-10,18H,1H3;1-10,17H. The Hall–Kier alpha value is -4.56. The smallest absolute Gasteiger partial charge is 0.0544 e. The van der Waals surface area contributed by atoms with E-state index in [9.17, 15) is 0 Å². The van der Waals surface area contributed by atoms with Gasteiger partial charge in [0.2, 0.25) is 0 Å². The summed E-state index contributed by atoms with van der Waals surface area (Å²) in [7, 11) is 0. The number of aromatic nitrogens is 2. The lowest BCUT2D eigenvalue weighted by atomic mass is 10.0. The predicted molar refractivity (Wildman–Crippen MR) is 151 cm³/mol. The molecule has 35 heavy (non-hydrogen) atoms. The van der Waals surface area contributed by atoms with E-state index in [1.165, 1.54) is 70.7 Å². The van der Waals surface area contributed by atoms with Crippen molar-refractivity contribution in [1.82, 2.24) is 9.97 Å². The fourth-order valence-electron chi connectivity index (χ4n) is 5.46. The maximum absolute atomic E-state index is 3.55. The third kappa shape index (κ3) is 3.11. The number of aromatic amines is 2. The number of benzene rings is 6. The van der Waals surface area contributed by atoms with Crippen molar-refractivity contribution in [2.75, 3.05) is 0 Å². The van der Waals surface area contributed by atoms with Crippen LogP contribution in [0.5, 0.6) is 0 Å². The first kappa shape index (κ1) is 19.9. The zero-order chi connectivity index (χ0) is 23.4. The van der Waals surface area contributed by atoms with Gasteiger partial charge < -0.3 is 9.97 Å². The molecule has 2 heteroatoms. The lowest BCUT2D eigenvalue weighted by molar-refractivity contribution is 1.53. The van der Waals surface area contributed by atoms with Crippen LogP contribution < -0.4 is 0 Å². The Morgan fingerprint density at radius 1 is 0.400 bits per heavy atom. The van der Waals surface area contributed by atoms with Crippen LogP contribution in [0, 0.1) is 6.92 Å². The Labute approximate surface area is 202 Å². The Balaban J connectivity index is 0.000000120. The molecule has 0 bridgehead atoms. The van der Waals surface area contributed by atoms with Crippen LogP contribution in [0.1, 0.15) is 5.56 Å². The molecule has 8 rings (SSSR count). The van der Waals surface area contributed by atoms with Gasteiger partial charge in [0.25, 0.3) is 0 Å². The highest BCUT2D eigenvalue weighted by Crippen LogP contribution is 2.33. The number of H-pyrrole nitrogens is 2. The van der Waals surface area contributed by atoms with Gasteiger partial charge in [-0.25, -0.2) is 0 Å². The summed E-state index contributed by atoms with van der Waals surface area (Å²) < 4.78 is 0. The van der Waals surface area contributed by atoms with Gasteiger partial charge in [0, 0.05) is 43.4 Å². The normalized spacial score (nSPS) is 11.6. The average Bonchev–Trinajstić information content (AvgIpc) is 3.48. The van der Waals surface area contributed by atoms with Crippen LogP contribution in [0.25, 0.3) is 65.2 Å². The summed E-state index contributed by atoms with van der Waals surface area (Å²) in [6.45, 7) is 2.18. The number of hydrogen-bond donors (Lipinski definition) is 2. The molecule has 2 aromatic heterocycles. The first-order valence-electron chi connectivity index (χ1n) is 12.0. The summed E-state index contributed by atoms with van der Waals surface area (Å²) >= 11 is 0. The fourth-order valence-corrected chi connectivity index (χ4v) is 5.46. The number of rotatable bonds is 0. The van der Waals surface area contributed by atoms with Crippen LogP contribution in [0.15, 0.2) is 115 Å². The molecule has 0 amide bonds. The van der Waals surface area contributed by atoms with Crippen LogP contribution in [-0.2, 0) is 0 Å². The molecule has 0 unspecified atom stereocenters. The molecule has 0 atom stereocenters. The maximum atomic E-state index is 3.55. The monoisotopic (exact) mass is 448 g/mol. The molecule has 0 aliphatic rings. The second-order valence-corrected chi connectivity index (χ2v) is 9.21. The summed E-state index contributed by atoms with van der Waals surface area (Å²) in [5.41, 5.74) is 6.24. The highest BCUT2D eigenvalue weighted by Gasteiger charge is 2.09.